The molecule has 1 aromatic rings. The van der Waals surface area contributed by atoms with Crippen LogP contribution >= 0.6 is 12.6 Å². The standard InChI is InChI=1S/C12H17NO2S/c1-9(5-6-14)8-13-12(15)10-3-2-4-11(16)7-10/h2-4,7,9,14,16H,5-6,8H2,1H3,(H,13,15). The largest absolute Gasteiger partial charge is 0.396 e. The molecule has 0 aliphatic rings. The van der Waals surface area contributed by atoms with E-state index >= 15 is 0 Å². The second-order valence-corrected chi connectivity index (χ2v) is 4.39. The van der Waals surface area contributed by atoms with E-state index in [1.807, 2.05) is 13.0 Å². The van der Waals surface area contributed by atoms with Gasteiger partial charge in [0.1, 0.15) is 0 Å². The van der Waals surface area contributed by atoms with Gasteiger partial charge in [-0.25, -0.2) is 0 Å². The first-order valence-corrected chi connectivity index (χ1v) is 5.76. The predicted octanol–water partition coefficient (Wildman–Crippen LogP) is 1.72. The third-order valence-corrected chi connectivity index (χ3v) is 2.62. The van der Waals surface area contributed by atoms with Crippen LogP contribution in [0.1, 0.15) is 23.7 Å². The summed E-state index contributed by atoms with van der Waals surface area (Å²) in [5, 5.41) is 11.6. The monoisotopic (exact) mass is 239 g/mol. The van der Waals surface area contributed by atoms with Gasteiger partial charge in [0.15, 0.2) is 0 Å². The SMILES string of the molecule is CC(CCO)CNC(=O)c1cccc(S)c1. The fourth-order valence-corrected chi connectivity index (χ4v) is 1.56. The summed E-state index contributed by atoms with van der Waals surface area (Å²) in [7, 11) is 0. The van der Waals surface area contributed by atoms with E-state index in [1.54, 1.807) is 18.2 Å². The zero-order valence-electron chi connectivity index (χ0n) is 9.31. The number of hydrogen-bond donors (Lipinski definition) is 3. The highest BCUT2D eigenvalue weighted by Crippen LogP contribution is 2.08. The summed E-state index contributed by atoms with van der Waals surface area (Å²) >= 11 is 4.18. The summed E-state index contributed by atoms with van der Waals surface area (Å²) in [5.74, 6) is 0.189. The van der Waals surface area contributed by atoms with Crippen LogP contribution in [-0.2, 0) is 0 Å². The Bertz CT molecular complexity index is 355. The lowest BCUT2D eigenvalue weighted by molar-refractivity contribution is 0.0945. The van der Waals surface area contributed by atoms with Gasteiger partial charge in [-0.1, -0.05) is 13.0 Å². The Balaban J connectivity index is 2.47. The fraction of sp³-hybridized carbons (Fsp3) is 0.417. The zero-order valence-corrected chi connectivity index (χ0v) is 10.2. The van der Waals surface area contributed by atoms with Gasteiger partial charge in [0.2, 0.25) is 0 Å². The van der Waals surface area contributed by atoms with Crippen molar-refractivity contribution >= 4 is 18.5 Å². The molecule has 88 valence electrons. The summed E-state index contributed by atoms with van der Waals surface area (Å²) < 4.78 is 0. The topological polar surface area (TPSA) is 49.3 Å². The third kappa shape index (κ3) is 4.24. The molecule has 2 N–H and O–H groups in total. The van der Waals surface area contributed by atoms with E-state index in [4.69, 9.17) is 5.11 Å². The van der Waals surface area contributed by atoms with Gasteiger partial charge in [0.25, 0.3) is 5.91 Å². The average molecular weight is 239 g/mol. The van der Waals surface area contributed by atoms with Gasteiger partial charge in [-0.15, -0.1) is 12.6 Å². The van der Waals surface area contributed by atoms with E-state index in [9.17, 15) is 4.79 Å². The lowest BCUT2D eigenvalue weighted by atomic mass is 10.1. The van der Waals surface area contributed by atoms with Crippen molar-refractivity contribution in [1.82, 2.24) is 5.32 Å². The maximum absolute atomic E-state index is 11.7. The second-order valence-electron chi connectivity index (χ2n) is 3.88. The number of nitrogens with one attached hydrogen (secondary N) is 1. The summed E-state index contributed by atoms with van der Waals surface area (Å²) in [4.78, 5) is 12.5. The van der Waals surface area contributed by atoms with Crippen molar-refractivity contribution in [1.29, 1.82) is 0 Å². The Labute approximate surface area is 101 Å². The minimum atomic E-state index is -0.0966. The van der Waals surface area contributed by atoms with Crippen molar-refractivity contribution in [3.8, 4) is 0 Å². The number of amides is 1. The van der Waals surface area contributed by atoms with Crippen LogP contribution in [0.25, 0.3) is 0 Å². The van der Waals surface area contributed by atoms with Crippen molar-refractivity contribution < 1.29 is 9.90 Å². The normalized spacial score (nSPS) is 12.2. The van der Waals surface area contributed by atoms with Crippen LogP contribution in [0, 0.1) is 5.92 Å². The number of hydrogen-bond acceptors (Lipinski definition) is 3. The van der Waals surface area contributed by atoms with Crippen LogP contribution in [0.2, 0.25) is 0 Å². The molecule has 1 unspecified atom stereocenters. The van der Waals surface area contributed by atoms with Crippen molar-refractivity contribution in [2.75, 3.05) is 13.2 Å². The van der Waals surface area contributed by atoms with E-state index in [0.29, 0.717) is 18.5 Å². The van der Waals surface area contributed by atoms with Gasteiger partial charge < -0.3 is 10.4 Å². The lowest BCUT2D eigenvalue weighted by Crippen LogP contribution is -2.28. The quantitative estimate of drug-likeness (QED) is 0.685. The van der Waals surface area contributed by atoms with Crippen LogP contribution < -0.4 is 5.32 Å². The molecule has 0 aliphatic heterocycles. The molecular formula is C12H17NO2S. The minimum Gasteiger partial charge on any atom is -0.396 e. The lowest BCUT2D eigenvalue weighted by Gasteiger charge is -2.11. The fourth-order valence-electron chi connectivity index (χ4n) is 1.34. The molecule has 3 nitrogen and oxygen atoms in total. The average Bonchev–Trinajstić information content (AvgIpc) is 2.26. The van der Waals surface area contributed by atoms with Crippen LogP contribution in [0.15, 0.2) is 29.2 Å². The number of thiol groups is 1. The number of carbonyl (C=O) groups excluding carboxylic acids is 1. The van der Waals surface area contributed by atoms with Gasteiger partial charge >= 0.3 is 0 Å². The molecule has 0 radical (unpaired) electrons. The smallest absolute Gasteiger partial charge is 0.251 e. The van der Waals surface area contributed by atoms with E-state index < -0.39 is 0 Å². The number of aliphatic hydroxyl groups excluding tert-OH is 1. The Morgan fingerprint density at radius 2 is 2.31 bits per heavy atom. The molecule has 16 heavy (non-hydrogen) atoms. The highest BCUT2D eigenvalue weighted by Gasteiger charge is 2.07. The Morgan fingerprint density at radius 3 is 2.94 bits per heavy atom. The Morgan fingerprint density at radius 1 is 1.56 bits per heavy atom. The number of rotatable bonds is 5. The second kappa shape index (κ2) is 6.55. The number of carbonyl (C=O) groups is 1. The summed E-state index contributed by atoms with van der Waals surface area (Å²) in [6.07, 6.45) is 0.701. The maximum atomic E-state index is 11.7. The molecule has 0 spiro atoms. The Hall–Kier alpha value is -1.00. The summed E-state index contributed by atoms with van der Waals surface area (Å²) in [6, 6.07) is 7.11. The van der Waals surface area contributed by atoms with Crippen LogP contribution in [0.5, 0.6) is 0 Å². The van der Waals surface area contributed by atoms with Gasteiger partial charge in [-0.05, 0) is 30.5 Å². The summed E-state index contributed by atoms with van der Waals surface area (Å²) in [6.45, 7) is 2.73. The van der Waals surface area contributed by atoms with E-state index in [2.05, 4.69) is 17.9 Å². The van der Waals surface area contributed by atoms with Crippen LogP contribution in [0.4, 0.5) is 0 Å². The van der Waals surface area contributed by atoms with Gasteiger partial charge in [0.05, 0.1) is 0 Å². The number of aliphatic hydroxyl groups is 1. The molecule has 0 fully saturated rings. The van der Waals surface area contributed by atoms with E-state index in [1.165, 1.54) is 0 Å². The molecular weight excluding hydrogens is 222 g/mol. The highest BCUT2D eigenvalue weighted by molar-refractivity contribution is 7.80. The molecule has 0 saturated carbocycles. The molecule has 1 atom stereocenters. The van der Waals surface area contributed by atoms with Gasteiger partial charge in [0, 0.05) is 23.6 Å². The summed E-state index contributed by atoms with van der Waals surface area (Å²) in [5.41, 5.74) is 0.615. The molecule has 0 aliphatic carbocycles. The first-order chi connectivity index (χ1) is 7.63. The van der Waals surface area contributed by atoms with Crippen molar-refractivity contribution in [2.45, 2.75) is 18.2 Å². The van der Waals surface area contributed by atoms with Crippen LogP contribution in [-0.4, -0.2) is 24.2 Å². The minimum absolute atomic E-state index is 0.0966. The van der Waals surface area contributed by atoms with E-state index in [0.717, 1.165) is 4.90 Å². The van der Waals surface area contributed by atoms with Crippen molar-refractivity contribution in [3.63, 3.8) is 0 Å². The molecule has 0 saturated heterocycles. The highest BCUT2D eigenvalue weighted by atomic mass is 32.1. The molecule has 1 rings (SSSR count). The molecule has 1 amide bonds. The number of benzene rings is 1. The first kappa shape index (κ1) is 13.1. The van der Waals surface area contributed by atoms with Gasteiger partial charge in [-0.3, -0.25) is 4.79 Å². The molecule has 4 heteroatoms. The maximum Gasteiger partial charge on any atom is 0.251 e. The van der Waals surface area contributed by atoms with Gasteiger partial charge in [-0.2, -0.15) is 0 Å². The third-order valence-electron chi connectivity index (χ3n) is 2.34. The molecule has 0 aromatic heterocycles. The zero-order chi connectivity index (χ0) is 12.0. The molecule has 0 heterocycles. The van der Waals surface area contributed by atoms with E-state index in [-0.39, 0.29) is 18.4 Å². The van der Waals surface area contributed by atoms with Crippen LogP contribution in [0.3, 0.4) is 0 Å². The molecule has 1 aromatic carbocycles. The Kier molecular flexibility index (Phi) is 5.35. The van der Waals surface area contributed by atoms with Crippen molar-refractivity contribution in [2.24, 2.45) is 5.92 Å². The molecule has 0 bridgehead atoms. The predicted molar refractivity (Wildman–Crippen MR) is 66.9 cm³/mol. The van der Waals surface area contributed by atoms with Crippen molar-refractivity contribution in [3.05, 3.63) is 29.8 Å². The first-order valence-electron chi connectivity index (χ1n) is 5.31.